The minimum Gasteiger partial charge on any atom is -0.265 e. The van der Waals surface area contributed by atoms with E-state index in [1.807, 2.05) is 12.4 Å². The fourth-order valence-electron chi connectivity index (χ4n) is 10.1. The molecule has 0 bridgehead atoms. The molecular formula is C55H41N. The van der Waals surface area contributed by atoms with E-state index < -0.39 is 0 Å². The van der Waals surface area contributed by atoms with E-state index in [-0.39, 0.29) is 10.8 Å². The second kappa shape index (κ2) is 12.0. The molecule has 2 aliphatic rings. The zero-order valence-corrected chi connectivity index (χ0v) is 32.2. The number of hydrogen-bond acceptors (Lipinski definition) is 1. The number of aromatic nitrogens is 1. The monoisotopic (exact) mass is 715 g/mol. The molecule has 2 aliphatic carbocycles. The quantitative estimate of drug-likeness (QED) is 0.165. The molecule has 0 atom stereocenters. The molecule has 1 heterocycles. The van der Waals surface area contributed by atoms with Gasteiger partial charge in [-0.25, -0.2) is 0 Å². The van der Waals surface area contributed by atoms with Crippen molar-refractivity contribution in [3.05, 3.63) is 198 Å². The molecule has 266 valence electrons. The van der Waals surface area contributed by atoms with Gasteiger partial charge in [0.2, 0.25) is 0 Å². The van der Waals surface area contributed by atoms with Crippen molar-refractivity contribution in [2.45, 2.75) is 38.5 Å². The highest BCUT2D eigenvalue weighted by molar-refractivity contribution is 6.22. The minimum absolute atomic E-state index is 0.0854. The summed E-state index contributed by atoms with van der Waals surface area (Å²) in [5.74, 6) is 0. The van der Waals surface area contributed by atoms with Gasteiger partial charge in [-0.3, -0.25) is 4.98 Å². The lowest BCUT2D eigenvalue weighted by molar-refractivity contribution is 0.660. The van der Waals surface area contributed by atoms with Gasteiger partial charge in [0.15, 0.2) is 0 Å². The van der Waals surface area contributed by atoms with E-state index in [9.17, 15) is 0 Å². The largest absolute Gasteiger partial charge is 0.265 e. The first-order chi connectivity index (χ1) is 27.3. The fraction of sp³-hybridized carbons (Fsp3) is 0.109. The Bertz CT molecular complexity index is 3050. The van der Waals surface area contributed by atoms with E-state index in [2.05, 4.69) is 196 Å². The van der Waals surface area contributed by atoms with E-state index in [1.54, 1.807) is 0 Å². The highest BCUT2D eigenvalue weighted by atomic mass is 14.6. The zero-order chi connectivity index (χ0) is 37.8. The maximum atomic E-state index is 4.22. The molecule has 0 N–H and O–H groups in total. The van der Waals surface area contributed by atoms with Gasteiger partial charge in [-0.15, -0.1) is 0 Å². The van der Waals surface area contributed by atoms with Crippen molar-refractivity contribution < 1.29 is 0 Å². The van der Waals surface area contributed by atoms with Crippen molar-refractivity contribution in [1.82, 2.24) is 4.98 Å². The summed E-state index contributed by atoms with van der Waals surface area (Å²) in [5.41, 5.74) is 20.7. The lowest BCUT2D eigenvalue weighted by Crippen LogP contribution is -2.15. The maximum absolute atomic E-state index is 4.22. The van der Waals surface area contributed by atoms with Gasteiger partial charge >= 0.3 is 0 Å². The van der Waals surface area contributed by atoms with Gasteiger partial charge in [0.05, 0.1) is 0 Å². The summed E-state index contributed by atoms with van der Waals surface area (Å²) in [4.78, 5) is 4.22. The topological polar surface area (TPSA) is 12.9 Å². The lowest BCUT2D eigenvalue weighted by Gasteiger charge is -2.24. The average molecular weight is 716 g/mol. The normalized spacial score (nSPS) is 14.4. The van der Waals surface area contributed by atoms with Crippen LogP contribution in [0, 0.1) is 0 Å². The van der Waals surface area contributed by atoms with Crippen LogP contribution in [0.1, 0.15) is 49.9 Å². The molecule has 1 nitrogen and oxygen atoms in total. The maximum Gasteiger partial charge on any atom is 0.0273 e. The van der Waals surface area contributed by atoms with Crippen molar-refractivity contribution in [1.29, 1.82) is 0 Å². The van der Waals surface area contributed by atoms with Gasteiger partial charge in [-0.1, -0.05) is 161 Å². The van der Waals surface area contributed by atoms with Gasteiger partial charge in [0.1, 0.15) is 0 Å². The van der Waals surface area contributed by atoms with Gasteiger partial charge < -0.3 is 0 Å². The molecule has 56 heavy (non-hydrogen) atoms. The number of rotatable bonds is 4. The van der Waals surface area contributed by atoms with Crippen LogP contribution in [0.25, 0.3) is 88.3 Å². The molecule has 1 heteroatoms. The van der Waals surface area contributed by atoms with Crippen LogP contribution in [0.5, 0.6) is 0 Å². The fourth-order valence-corrected chi connectivity index (χ4v) is 10.1. The number of fused-ring (bicyclic) bond motifs is 8. The summed E-state index contributed by atoms with van der Waals surface area (Å²) in [6, 6.07) is 61.6. The summed E-state index contributed by atoms with van der Waals surface area (Å²) in [5, 5.41) is 5.09. The third-order valence-corrected chi connectivity index (χ3v) is 13.0. The molecule has 8 aromatic carbocycles. The molecule has 0 fully saturated rings. The smallest absolute Gasteiger partial charge is 0.0273 e. The van der Waals surface area contributed by atoms with Crippen LogP contribution in [0.2, 0.25) is 0 Å². The molecule has 0 saturated carbocycles. The van der Waals surface area contributed by atoms with Gasteiger partial charge in [-0.05, 0) is 141 Å². The van der Waals surface area contributed by atoms with E-state index >= 15 is 0 Å². The van der Waals surface area contributed by atoms with E-state index in [0.29, 0.717) is 0 Å². The van der Waals surface area contributed by atoms with E-state index in [0.717, 1.165) is 0 Å². The molecule has 0 radical (unpaired) electrons. The number of hydrogen-bond donors (Lipinski definition) is 0. The summed E-state index contributed by atoms with van der Waals surface area (Å²) in [6.45, 7) is 9.51. The Morgan fingerprint density at radius 2 is 0.696 bits per heavy atom. The molecule has 0 unspecified atom stereocenters. The van der Waals surface area contributed by atoms with Crippen molar-refractivity contribution in [3.63, 3.8) is 0 Å². The number of pyridine rings is 1. The summed E-state index contributed by atoms with van der Waals surface area (Å²) < 4.78 is 0. The van der Waals surface area contributed by atoms with Gasteiger partial charge in [0, 0.05) is 23.2 Å². The Hall–Kier alpha value is -6.57. The van der Waals surface area contributed by atoms with Crippen molar-refractivity contribution in [3.8, 4) is 66.8 Å². The molecule has 0 saturated heterocycles. The van der Waals surface area contributed by atoms with Crippen LogP contribution >= 0.6 is 0 Å². The van der Waals surface area contributed by atoms with Crippen LogP contribution in [-0.2, 0) is 10.8 Å². The summed E-state index contributed by atoms with van der Waals surface area (Å²) >= 11 is 0. The first kappa shape index (κ1) is 32.8. The van der Waals surface area contributed by atoms with Crippen molar-refractivity contribution >= 4 is 21.5 Å². The third-order valence-electron chi connectivity index (χ3n) is 13.0. The molecule has 11 rings (SSSR count). The summed E-state index contributed by atoms with van der Waals surface area (Å²) in [7, 11) is 0. The minimum atomic E-state index is -0.0932. The molecular weight excluding hydrogens is 675 g/mol. The van der Waals surface area contributed by atoms with E-state index in [4.69, 9.17) is 0 Å². The van der Waals surface area contributed by atoms with Crippen LogP contribution in [0.3, 0.4) is 0 Å². The van der Waals surface area contributed by atoms with Gasteiger partial charge in [-0.2, -0.15) is 0 Å². The Balaban J connectivity index is 1.17. The highest BCUT2D eigenvalue weighted by Gasteiger charge is 2.37. The zero-order valence-electron chi connectivity index (χ0n) is 32.2. The number of nitrogens with zero attached hydrogens (tertiary/aromatic N) is 1. The summed E-state index contributed by atoms with van der Waals surface area (Å²) in [6.07, 6.45) is 3.71. The highest BCUT2D eigenvalue weighted by Crippen LogP contribution is 2.53. The van der Waals surface area contributed by atoms with E-state index in [1.165, 1.54) is 111 Å². The second-order valence-corrected chi connectivity index (χ2v) is 16.7. The molecule has 1 aromatic heterocycles. The predicted octanol–water partition coefficient (Wildman–Crippen LogP) is 14.7. The first-order valence-corrected chi connectivity index (χ1v) is 19.8. The van der Waals surface area contributed by atoms with Gasteiger partial charge in [0.25, 0.3) is 0 Å². The Kier molecular flexibility index (Phi) is 7.01. The standard InChI is InChI=1S/C55H41N/c1-54(2)48-15-9-7-11-40(48)42-24-22-38(32-50(42)54)52-44-13-5-6-14-45(44)53(39-23-25-43-41-12-8-10-16-49(41)55(3,4)51(43)33-39)47-31-37(21-26-46(47)52)35-19-17-34(18-20-35)36-27-29-56-30-28-36/h5-33H,1-4H3. The van der Waals surface area contributed by atoms with Crippen molar-refractivity contribution in [2.75, 3.05) is 0 Å². The molecule has 0 spiro atoms. The first-order valence-electron chi connectivity index (χ1n) is 19.8. The molecule has 0 aliphatic heterocycles. The molecule has 0 amide bonds. The van der Waals surface area contributed by atoms with Crippen molar-refractivity contribution in [2.24, 2.45) is 0 Å². The van der Waals surface area contributed by atoms with Crippen LogP contribution < -0.4 is 0 Å². The third kappa shape index (κ3) is 4.70. The lowest BCUT2D eigenvalue weighted by atomic mass is 9.79. The Morgan fingerprint density at radius 3 is 1.25 bits per heavy atom. The SMILES string of the molecule is CC1(C)c2ccccc2-c2ccc(-c3c4ccccc4c(-c4ccc5c(c4)C(C)(C)c4ccccc4-5)c4cc(-c5ccc(-c6ccncc6)cc5)ccc34)cc21. The van der Waals surface area contributed by atoms with Crippen LogP contribution in [0.4, 0.5) is 0 Å². The van der Waals surface area contributed by atoms with Crippen LogP contribution in [-0.4, -0.2) is 4.98 Å². The van der Waals surface area contributed by atoms with Crippen LogP contribution in [0.15, 0.2) is 176 Å². The second-order valence-electron chi connectivity index (χ2n) is 16.7. The Labute approximate surface area is 329 Å². The number of benzene rings is 8. The molecule has 9 aromatic rings. The Morgan fingerprint density at radius 1 is 0.304 bits per heavy atom. The average Bonchev–Trinajstić information content (AvgIpc) is 3.61. The predicted molar refractivity (Wildman–Crippen MR) is 236 cm³/mol.